The van der Waals surface area contributed by atoms with Gasteiger partial charge in [-0.05, 0) is 47.0 Å². The number of aliphatic hydroxyl groups excluding tert-OH is 1. The number of ether oxygens (including phenoxy) is 1. The molecule has 0 radical (unpaired) electrons. The molecule has 1 aliphatic rings. The van der Waals surface area contributed by atoms with Gasteiger partial charge < -0.3 is 25.8 Å². The van der Waals surface area contributed by atoms with Gasteiger partial charge in [0.1, 0.15) is 11.7 Å². The van der Waals surface area contributed by atoms with Crippen LogP contribution in [-0.4, -0.2) is 58.9 Å². The maximum absolute atomic E-state index is 12.5. The summed E-state index contributed by atoms with van der Waals surface area (Å²) in [6, 6.07) is 0.141. The first kappa shape index (κ1) is 20.7. The molecule has 0 bridgehead atoms. The molecule has 1 saturated heterocycles. The molecule has 4 N–H and O–H groups in total. The highest BCUT2D eigenvalue weighted by molar-refractivity contribution is 5.78. The molecule has 24 heavy (non-hydrogen) atoms. The fourth-order valence-corrected chi connectivity index (χ4v) is 2.89. The van der Waals surface area contributed by atoms with Crippen molar-refractivity contribution in [3.8, 4) is 0 Å². The summed E-state index contributed by atoms with van der Waals surface area (Å²) in [5.41, 5.74) is 4.54. The van der Waals surface area contributed by atoms with Crippen molar-refractivity contribution in [2.45, 2.75) is 83.6 Å². The van der Waals surface area contributed by atoms with Gasteiger partial charge in [0, 0.05) is 25.2 Å². The standard InChI is InChI=1S/C17H33N3O4/c1-12(19-11-14(21)15(18)22)10-13-8-6-5-7-9-20(13)16(23)24-17(2,3)4/h12-14,19,21H,5-11H2,1-4H3,(H2,18,22). The van der Waals surface area contributed by atoms with E-state index >= 15 is 0 Å². The van der Waals surface area contributed by atoms with Crippen LogP contribution in [0.25, 0.3) is 0 Å². The minimum absolute atomic E-state index is 0.0482. The molecule has 0 saturated carbocycles. The second-order valence-corrected chi connectivity index (χ2v) is 7.64. The van der Waals surface area contributed by atoms with Crippen LogP contribution in [0.5, 0.6) is 0 Å². The number of carbonyl (C=O) groups excluding carboxylic acids is 2. The molecule has 0 aliphatic carbocycles. The average molecular weight is 343 g/mol. The molecule has 7 heteroatoms. The predicted octanol–water partition coefficient (Wildman–Crippen LogP) is 1.38. The van der Waals surface area contributed by atoms with Gasteiger partial charge >= 0.3 is 6.09 Å². The van der Waals surface area contributed by atoms with E-state index < -0.39 is 17.6 Å². The quantitative estimate of drug-likeness (QED) is 0.676. The van der Waals surface area contributed by atoms with Gasteiger partial charge in [0.05, 0.1) is 0 Å². The average Bonchev–Trinajstić information content (AvgIpc) is 2.68. The summed E-state index contributed by atoms with van der Waals surface area (Å²) in [7, 11) is 0. The first-order valence-corrected chi connectivity index (χ1v) is 8.80. The molecular formula is C17H33N3O4. The Morgan fingerprint density at radius 2 is 2.00 bits per heavy atom. The van der Waals surface area contributed by atoms with Crippen molar-refractivity contribution < 1.29 is 19.4 Å². The lowest BCUT2D eigenvalue weighted by molar-refractivity contribution is -0.125. The number of amides is 2. The van der Waals surface area contributed by atoms with E-state index in [1.54, 1.807) is 0 Å². The molecule has 1 fully saturated rings. The lowest BCUT2D eigenvalue weighted by Crippen LogP contribution is -2.47. The van der Waals surface area contributed by atoms with Crippen molar-refractivity contribution in [3.05, 3.63) is 0 Å². The van der Waals surface area contributed by atoms with E-state index in [2.05, 4.69) is 5.32 Å². The number of aliphatic hydroxyl groups is 1. The molecule has 2 amide bonds. The fourth-order valence-electron chi connectivity index (χ4n) is 2.89. The van der Waals surface area contributed by atoms with Crippen molar-refractivity contribution in [2.75, 3.05) is 13.1 Å². The van der Waals surface area contributed by atoms with Gasteiger partial charge in [0.15, 0.2) is 0 Å². The van der Waals surface area contributed by atoms with E-state index in [4.69, 9.17) is 10.5 Å². The van der Waals surface area contributed by atoms with E-state index in [-0.39, 0.29) is 24.7 Å². The molecule has 7 nitrogen and oxygen atoms in total. The van der Waals surface area contributed by atoms with Crippen molar-refractivity contribution >= 4 is 12.0 Å². The molecule has 1 aliphatic heterocycles. The minimum atomic E-state index is -1.19. The van der Waals surface area contributed by atoms with Gasteiger partial charge in [0.2, 0.25) is 5.91 Å². The number of hydrogen-bond donors (Lipinski definition) is 3. The van der Waals surface area contributed by atoms with E-state index in [9.17, 15) is 14.7 Å². The van der Waals surface area contributed by atoms with Gasteiger partial charge in [-0.1, -0.05) is 12.8 Å². The Labute approximate surface area is 144 Å². The summed E-state index contributed by atoms with van der Waals surface area (Å²) in [4.78, 5) is 25.2. The number of nitrogens with one attached hydrogen (secondary N) is 1. The fraction of sp³-hybridized carbons (Fsp3) is 0.882. The van der Waals surface area contributed by atoms with Crippen molar-refractivity contribution in [1.29, 1.82) is 0 Å². The van der Waals surface area contributed by atoms with Gasteiger partial charge in [0.25, 0.3) is 0 Å². The summed E-state index contributed by atoms with van der Waals surface area (Å²) in [5.74, 6) is -0.737. The zero-order valence-electron chi connectivity index (χ0n) is 15.4. The van der Waals surface area contributed by atoms with Crippen LogP contribution in [0.3, 0.4) is 0 Å². The van der Waals surface area contributed by atoms with Crippen LogP contribution in [0.15, 0.2) is 0 Å². The summed E-state index contributed by atoms with van der Waals surface area (Å²) in [6.45, 7) is 8.41. The SMILES string of the molecule is CC(CC1CCCCCN1C(=O)OC(C)(C)C)NCC(O)C(N)=O. The molecule has 1 heterocycles. The molecule has 140 valence electrons. The monoisotopic (exact) mass is 343 g/mol. The lowest BCUT2D eigenvalue weighted by Gasteiger charge is -2.34. The third-order valence-electron chi connectivity index (χ3n) is 4.12. The second-order valence-electron chi connectivity index (χ2n) is 7.64. The van der Waals surface area contributed by atoms with Crippen molar-refractivity contribution in [1.82, 2.24) is 10.2 Å². The molecule has 0 aromatic heterocycles. The third kappa shape index (κ3) is 7.49. The van der Waals surface area contributed by atoms with E-state index in [0.717, 1.165) is 32.1 Å². The molecule has 3 atom stereocenters. The number of rotatable bonds is 6. The molecule has 0 aromatic rings. The first-order chi connectivity index (χ1) is 11.1. The Morgan fingerprint density at radius 3 is 2.58 bits per heavy atom. The zero-order chi connectivity index (χ0) is 18.3. The molecule has 0 aromatic carbocycles. The van der Waals surface area contributed by atoms with E-state index in [1.807, 2.05) is 32.6 Å². The third-order valence-corrected chi connectivity index (χ3v) is 4.12. The molecule has 1 rings (SSSR count). The van der Waals surface area contributed by atoms with E-state index in [1.165, 1.54) is 0 Å². The van der Waals surface area contributed by atoms with Crippen LogP contribution in [-0.2, 0) is 9.53 Å². The normalized spacial score (nSPS) is 21.7. The summed E-state index contributed by atoms with van der Waals surface area (Å²) < 4.78 is 5.54. The number of likely N-dealkylation sites (tertiary alicyclic amines) is 1. The van der Waals surface area contributed by atoms with Crippen LogP contribution in [0.4, 0.5) is 4.79 Å². The van der Waals surface area contributed by atoms with Crippen LogP contribution < -0.4 is 11.1 Å². The smallest absolute Gasteiger partial charge is 0.410 e. The van der Waals surface area contributed by atoms with E-state index in [0.29, 0.717) is 6.54 Å². The molecular weight excluding hydrogens is 310 g/mol. The van der Waals surface area contributed by atoms with Crippen molar-refractivity contribution in [2.24, 2.45) is 5.73 Å². The lowest BCUT2D eigenvalue weighted by atomic mass is 10.0. The molecule has 3 unspecified atom stereocenters. The van der Waals surface area contributed by atoms with Gasteiger partial charge in [-0.25, -0.2) is 4.79 Å². The topological polar surface area (TPSA) is 105 Å². The highest BCUT2D eigenvalue weighted by Gasteiger charge is 2.30. The Bertz CT molecular complexity index is 423. The summed E-state index contributed by atoms with van der Waals surface area (Å²) >= 11 is 0. The highest BCUT2D eigenvalue weighted by atomic mass is 16.6. The number of primary amides is 1. The van der Waals surface area contributed by atoms with Gasteiger partial charge in [-0.3, -0.25) is 4.79 Å². The Morgan fingerprint density at radius 1 is 1.33 bits per heavy atom. The Kier molecular flexibility index (Phi) is 7.96. The number of hydrogen-bond acceptors (Lipinski definition) is 5. The van der Waals surface area contributed by atoms with Crippen LogP contribution in [0.2, 0.25) is 0 Å². The van der Waals surface area contributed by atoms with Crippen LogP contribution in [0, 0.1) is 0 Å². The van der Waals surface area contributed by atoms with Crippen LogP contribution >= 0.6 is 0 Å². The van der Waals surface area contributed by atoms with Crippen LogP contribution in [0.1, 0.15) is 59.8 Å². The first-order valence-electron chi connectivity index (χ1n) is 8.80. The Hall–Kier alpha value is -1.34. The maximum Gasteiger partial charge on any atom is 0.410 e. The summed E-state index contributed by atoms with van der Waals surface area (Å²) in [5, 5.41) is 12.6. The van der Waals surface area contributed by atoms with Crippen molar-refractivity contribution in [3.63, 3.8) is 0 Å². The number of nitrogens with zero attached hydrogens (tertiary/aromatic N) is 1. The van der Waals surface area contributed by atoms with Gasteiger partial charge in [-0.2, -0.15) is 0 Å². The minimum Gasteiger partial charge on any atom is -0.444 e. The Balaban J connectivity index is 2.62. The van der Waals surface area contributed by atoms with Gasteiger partial charge in [-0.15, -0.1) is 0 Å². The zero-order valence-corrected chi connectivity index (χ0v) is 15.4. The summed E-state index contributed by atoms with van der Waals surface area (Å²) in [6.07, 6.45) is 3.40. The number of nitrogens with two attached hydrogens (primary N) is 1. The molecule has 0 spiro atoms. The maximum atomic E-state index is 12.5. The number of carbonyl (C=O) groups is 2. The second kappa shape index (κ2) is 9.22. The highest BCUT2D eigenvalue weighted by Crippen LogP contribution is 2.23. The predicted molar refractivity (Wildman–Crippen MR) is 92.5 cm³/mol. The largest absolute Gasteiger partial charge is 0.444 e.